The fourth-order valence-electron chi connectivity index (χ4n) is 2.46. The smallest absolute Gasteiger partial charge is 0.245 e. The van der Waals surface area contributed by atoms with E-state index in [0.29, 0.717) is 29.9 Å². The van der Waals surface area contributed by atoms with E-state index in [-0.39, 0.29) is 5.82 Å². The summed E-state index contributed by atoms with van der Waals surface area (Å²) in [6, 6.07) is 2.94. The van der Waals surface area contributed by atoms with Gasteiger partial charge < -0.3 is 10.6 Å². The molecule has 2 aromatic heterocycles. The summed E-state index contributed by atoms with van der Waals surface area (Å²) in [5.74, 6) is 1.34. The molecule has 1 aliphatic heterocycles. The number of hydrogen-bond acceptors (Lipinski definition) is 5. The SMILES string of the molecule is NCC1CCCN(c2n[nH]c(-c3ccc(F)cn3)n2)C1. The lowest BCUT2D eigenvalue weighted by Crippen LogP contribution is -2.38. The zero-order valence-corrected chi connectivity index (χ0v) is 11.1. The summed E-state index contributed by atoms with van der Waals surface area (Å²) in [6.45, 7) is 2.50. The van der Waals surface area contributed by atoms with Crippen LogP contribution in [-0.2, 0) is 0 Å². The quantitative estimate of drug-likeness (QED) is 0.879. The van der Waals surface area contributed by atoms with E-state index in [1.54, 1.807) is 6.07 Å². The number of aromatic nitrogens is 4. The second kappa shape index (κ2) is 5.54. The number of aromatic amines is 1. The minimum absolute atomic E-state index is 0.365. The largest absolute Gasteiger partial charge is 0.339 e. The molecule has 3 N–H and O–H groups in total. The molecule has 0 aromatic carbocycles. The van der Waals surface area contributed by atoms with Crippen LogP contribution in [-0.4, -0.2) is 39.8 Å². The fraction of sp³-hybridized carbons (Fsp3) is 0.462. The lowest BCUT2D eigenvalue weighted by Gasteiger charge is -2.31. The highest BCUT2D eigenvalue weighted by Crippen LogP contribution is 2.21. The molecule has 7 heteroatoms. The van der Waals surface area contributed by atoms with Crippen LogP contribution in [0.4, 0.5) is 10.3 Å². The number of nitrogens with two attached hydrogens (primary N) is 1. The lowest BCUT2D eigenvalue weighted by atomic mass is 9.99. The molecular weight excluding hydrogens is 259 g/mol. The van der Waals surface area contributed by atoms with Crippen LogP contribution < -0.4 is 10.6 Å². The molecule has 3 heterocycles. The van der Waals surface area contributed by atoms with E-state index >= 15 is 0 Å². The van der Waals surface area contributed by atoms with Gasteiger partial charge in [0.15, 0.2) is 5.82 Å². The molecule has 1 fully saturated rings. The maximum Gasteiger partial charge on any atom is 0.245 e. The number of pyridine rings is 1. The second-order valence-electron chi connectivity index (χ2n) is 5.04. The van der Waals surface area contributed by atoms with Gasteiger partial charge in [-0.2, -0.15) is 4.98 Å². The van der Waals surface area contributed by atoms with E-state index < -0.39 is 0 Å². The van der Waals surface area contributed by atoms with E-state index in [1.807, 2.05) is 0 Å². The normalized spacial score (nSPS) is 19.3. The predicted molar refractivity (Wildman–Crippen MR) is 73.6 cm³/mol. The van der Waals surface area contributed by atoms with Gasteiger partial charge in [0.2, 0.25) is 5.95 Å². The molecular formula is C13H17FN6. The first-order valence-corrected chi connectivity index (χ1v) is 6.75. The number of rotatable bonds is 3. The molecule has 3 rings (SSSR count). The Morgan fingerprint density at radius 1 is 1.45 bits per heavy atom. The Kier molecular flexibility index (Phi) is 3.60. The molecule has 0 spiro atoms. The number of anilines is 1. The molecule has 0 amide bonds. The zero-order chi connectivity index (χ0) is 13.9. The number of H-pyrrole nitrogens is 1. The number of nitrogens with one attached hydrogen (secondary N) is 1. The Balaban J connectivity index is 1.78. The number of nitrogens with zero attached hydrogens (tertiary/aromatic N) is 4. The van der Waals surface area contributed by atoms with Gasteiger partial charge in [-0.25, -0.2) is 9.37 Å². The maximum atomic E-state index is 12.9. The van der Waals surface area contributed by atoms with Crippen molar-refractivity contribution in [2.45, 2.75) is 12.8 Å². The molecule has 1 atom stereocenters. The van der Waals surface area contributed by atoms with Crippen LogP contribution in [0.3, 0.4) is 0 Å². The number of piperidine rings is 1. The van der Waals surface area contributed by atoms with Gasteiger partial charge in [-0.1, -0.05) is 0 Å². The summed E-state index contributed by atoms with van der Waals surface area (Å²) in [5, 5.41) is 7.08. The Bertz CT molecular complexity index is 566. The molecule has 0 radical (unpaired) electrons. The minimum Gasteiger partial charge on any atom is -0.339 e. The summed E-state index contributed by atoms with van der Waals surface area (Å²) in [6.07, 6.45) is 3.42. The molecule has 106 valence electrons. The average molecular weight is 276 g/mol. The highest BCUT2D eigenvalue weighted by molar-refractivity contribution is 5.50. The first kappa shape index (κ1) is 13.0. The molecule has 1 aliphatic rings. The van der Waals surface area contributed by atoms with E-state index in [4.69, 9.17) is 5.73 Å². The molecule has 0 bridgehead atoms. The monoisotopic (exact) mass is 276 g/mol. The number of halogens is 1. The van der Waals surface area contributed by atoms with Gasteiger partial charge in [-0.15, -0.1) is 5.10 Å². The van der Waals surface area contributed by atoms with Crippen molar-refractivity contribution in [3.8, 4) is 11.5 Å². The standard InChI is InChI=1S/C13H17FN6/c14-10-3-4-11(16-7-10)12-17-13(19-18-12)20-5-1-2-9(6-15)8-20/h3-4,7,9H,1-2,5-6,8,15H2,(H,17,18,19). The van der Waals surface area contributed by atoms with Gasteiger partial charge in [-0.05, 0) is 37.4 Å². The highest BCUT2D eigenvalue weighted by Gasteiger charge is 2.22. The summed E-state index contributed by atoms with van der Waals surface area (Å²) >= 11 is 0. The summed E-state index contributed by atoms with van der Waals surface area (Å²) in [5.41, 5.74) is 6.31. The predicted octanol–water partition coefficient (Wildman–Crippen LogP) is 1.18. The summed E-state index contributed by atoms with van der Waals surface area (Å²) in [7, 11) is 0. The van der Waals surface area contributed by atoms with Crippen molar-refractivity contribution in [3.05, 3.63) is 24.1 Å². The van der Waals surface area contributed by atoms with Gasteiger partial charge in [0, 0.05) is 13.1 Å². The number of hydrogen-bond donors (Lipinski definition) is 2. The van der Waals surface area contributed by atoms with Crippen molar-refractivity contribution in [1.82, 2.24) is 20.2 Å². The van der Waals surface area contributed by atoms with E-state index in [0.717, 1.165) is 25.9 Å². The molecule has 1 unspecified atom stereocenters. The first-order valence-electron chi connectivity index (χ1n) is 6.75. The van der Waals surface area contributed by atoms with Crippen LogP contribution in [0.1, 0.15) is 12.8 Å². The van der Waals surface area contributed by atoms with Crippen LogP contribution >= 0.6 is 0 Å². The Morgan fingerprint density at radius 2 is 2.35 bits per heavy atom. The Hall–Kier alpha value is -2.02. The van der Waals surface area contributed by atoms with Crippen molar-refractivity contribution in [2.24, 2.45) is 11.7 Å². The molecule has 20 heavy (non-hydrogen) atoms. The molecule has 1 saturated heterocycles. The summed E-state index contributed by atoms with van der Waals surface area (Å²) in [4.78, 5) is 10.6. The Morgan fingerprint density at radius 3 is 3.10 bits per heavy atom. The van der Waals surface area contributed by atoms with Crippen LogP contribution in [0.15, 0.2) is 18.3 Å². The van der Waals surface area contributed by atoms with Crippen LogP contribution in [0.2, 0.25) is 0 Å². The van der Waals surface area contributed by atoms with Crippen LogP contribution in [0.5, 0.6) is 0 Å². The van der Waals surface area contributed by atoms with Crippen molar-refractivity contribution in [3.63, 3.8) is 0 Å². The molecule has 2 aromatic rings. The van der Waals surface area contributed by atoms with Gasteiger partial charge >= 0.3 is 0 Å². The second-order valence-corrected chi connectivity index (χ2v) is 5.04. The van der Waals surface area contributed by atoms with Gasteiger partial charge in [-0.3, -0.25) is 5.10 Å². The average Bonchev–Trinajstić information content (AvgIpc) is 2.98. The topological polar surface area (TPSA) is 83.7 Å². The zero-order valence-electron chi connectivity index (χ0n) is 11.1. The van der Waals surface area contributed by atoms with E-state index in [1.165, 1.54) is 12.3 Å². The molecule has 0 aliphatic carbocycles. The fourth-order valence-corrected chi connectivity index (χ4v) is 2.46. The van der Waals surface area contributed by atoms with Gasteiger partial charge in [0.1, 0.15) is 11.5 Å². The highest BCUT2D eigenvalue weighted by atomic mass is 19.1. The van der Waals surface area contributed by atoms with Gasteiger partial charge in [0.05, 0.1) is 6.20 Å². The molecule has 6 nitrogen and oxygen atoms in total. The van der Waals surface area contributed by atoms with Gasteiger partial charge in [0.25, 0.3) is 0 Å². The van der Waals surface area contributed by atoms with E-state index in [9.17, 15) is 4.39 Å². The van der Waals surface area contributed by atoms with Crippen molar-refractivity contribution >= 4 is 5.95 Å². The van der Waals surface area contributed by atoms with Crippen LogP contribution in [0.25, 0.3) is 11.5 Å². The van der Waals surface area contributed by atoms with Crippen LogP contribution in [0, 0.1) is 11.7 Å². The van der Waals surface area contributed by atoms with Crippen molar-refractivity contribution in [2.75, 3.05) is 24.5 Å². The summed E-state index contributed by atoms with van der Waals surface area (Å²) < 4.78 is 12.9. The molecule has 0 saturated carbocycles. The Labute approximate surface area is 116 Å². The minimum atomic E-state index is -0.365. The van der Waals surface area contributed by atoms with E-state index in [2.05, 4.69) is 25.1 Å². The third kappa shape index (κ3) is 2.62. The lowest BCUT2D eigenvalue weighted by molar-refractivity contribution is 0.420. The van der Waals surface area contributed by atoms with Crippen molar-refractivity contribution < 1.29 is 4.39 Å². The third-order valence-electron chi connectivity index (χ3n) is 3.58. The maximum absolute atomic E-state index is 12.9. The third-order valence-corrected chi connectivity index (χ3v) is 3.58. The first-order chi connectivity index (χ1) is 9.76. The van der Waals surface area contributed by atoms with Crippen molar-refractivity contribution in [1.29, 1.82) is 0 Å².